The van der Waals surface area contributed by atoms with Gasteiger partial charge in [0.15, 0.2) is 11.5 Å². The van der Waals surface area contributed by atoms with Crippen molar-refractivity contribution < 1.29 is 0 Å². The molecule has 0 bridgehead atoms. The van der Waals surface area contributed by atoms with Crippen LogP contribution in [-0.2, 0) is 0 Å². The monoisotopic (exact) mass is 155 g/mol. The number of aryl methyl sites for hydroxylation is 1. The van der Waals surface area contributed by atoms with Crippen molar-refractivity contribution in [2.75, 3.05) is 5.32 Å². The van der Waals surface area contributed by atoms with Crippen LogP contribution in [0.4, 0.5) is 5.00 Å². The zero-order chi connectivity index (χ0) is 7.56. The number of rotatable bonds is 1. The molecule has 1 radical (unpaired) electrons. The summed E-state index contributed by atoms with van der Waals surface area (Å²) >= 11 is 1.31. The maximum absolute atomic E-state index is 6.90. The van der Waals surface area contributed by atoms with Crippen LogP contribution in [-0.4, -0.2) is 10.9 Å². The maximum Gasteiger partial charge on any atom is 0.190 e. The van der Waals surface area contributed by atoms with Crippen molar-refractivity contribution in [2.45, 2.75) is 6.92 Å². The Balaban J connectivity index is 2.74. The third-order valence-electron chi connectivity index (χ3n) is 0.938. The third-order valence-corrected chi connectivity index (χ3v) is 1.72. The second-order valence-electron chi connectivity index (χ2n) is 1.76. The van der Waals surface area contributed by atoms with Crippen LogP contribution in [0.2, 0.25) is 0 Å². The highest BCUT2D eigenvalue weighted by molar-refractivity contribution is 7.13. The number of nitrogens with zero attached hydrogens (tertiary/aromatic N) is 1. The molecule has 0 amide bonds. The average Bonchev–Trinajstić information content (AvgIpc) is 2.15. The zero-order valence-electron chi connectivity index (χ0n) is 5.43. The van der Waals surface area contributed by atoms with Crippen LogP contribution >= 0.6 is 11.3 Å². The van der Waals surface area contributed by atoms with Crippen molar-refractivity contribution in [1.29, 1.82) is 5.41 Å². The smallest absolute Gasteiger partial charge is 0.190 e. The third kappa shape index (κ3) is 1.44. The summed E-state index contributed by atoms with van der Waals surface area (Å²) in [6, 6.07) is 0. The summed E-state index contributed by atoms with van der Waals surface area (Å²) < 4.78 is 0. The summed E-state index contributed by atoms with van der Waals surface area (Å²) in [4.78, 5) is 3.85. The van der Waals surface area contributed by atoms with Gasteiger partial charge in [-0.05, 0) is 6.92 Å². The molecule has 4 N–H and O–H groups in total. The molecule has 5 heteroatoms. The summed E-state index contributed by atoms with van der Waals surface area (Å²) in [6.07, 6.45) is 0. The molecule has 4 nitrogen and oxygen atoms in total. The zero-order valence-corrected chi connectivity index (χ0v) is 6.25. The topological polar surface area (TPSA) is 74.8 Å². The van der Waals surface area contributed by atoms with E-state index in [1.807, 2.05) is 6.92 Å². The van der Waals surface area contributed by atoms with Crippen LogP contribution in [0.5, 0.6) is 0 Å². The van der Waals surface area contributed by atoms with Crippen LogP contribution in [0.15, 0.2) is 0 Å². The van der Waals surface area contributed by atoms with Gasteiger partial charge in [0.1, 0.15) is 5.00 Å². The minimum Gasteiger partial charge on any atom is -0.370 e. The van der Waals surface area contributed by atoms with Crippen LogP contribution in [0.1, 0.15) is 5.69 Å². The Kier molecular flexibility index (Phi) is 1.86. The van der Waals surface area contributed by atoms with Gasteiger partial charge < -0.3 is 11.1 Å². The number of thiazole rings is 1. The molecule has 1 aromatic rings. The number of aromatic nitrogens is 1. The van der Waals surface area contributed by atoms with Crippen molar-refractivity contribution in [3.8, 4) is 0 Å². The van der Waals surface area contributed by atoms with Gasteiger partial charge in [-0.1, -0.05) is 11.3 Å². The Morgan fingerprint density at radius 3 is 3.00 bits per heavy atom. The van der Waals surface area contributed by atoms with E-state index in [1.54, 1.807) is 0 Å². The van der Waals surface area contributed by atoms with Crippen LogP contribution in [0, 0.1) is 17.8 Å². The van der Waals surface area contributed by atoms with E-state index in [2.05, 4.69) is 15.8 Å². The number of hydrogen-bond acceptors (Lipinski definition) is 3. The fraction of sp³-hybridized carbons (Fsp3) is 0.200. The van der Waals surface area contributed by atoms with Gasteiger partial charge in [0.25, 0.3) is 0 Å². The fourth-order valence-electron chi connectivity index (χ4n) is 0.500. The predicted molar refractivity (Wildman–Crippen MR) is 41.2 cm³/mol. The number of nitrogens with one attached hydrogen (secondary N) is 2. The fourth-order valence-corrected chi connectivity index (χ4v) is 1.13. The maximum atomic E-state index is 6.90. The lowest BCUT2D eigenvalue weighted by Gasteiger charge is -1.98. The molecule has 0 aliphatic heterocycles. The van der Waals surface area contributed by atoms with Crippen molar-refractivity contribution in [3.63, 3.8) is 0 Å². The second kappa shape index (κ2) is 2.66. The average molecular weight is 155 g/mol. The summed E-state index contributed by atoms with van der Waals surface area (Å²) in [6.45, 7) is 1.83. The minimum atomic E-state index is -0.0687. The highest BCUT2D eigenvalue weighted by atomic mass is 32.1. The molecule has 1 rings (SSSR count). The predicted octanol–water partition coefficient (Wildman–Crippen LogP) is 0.557. The first-order valence-electron chi connectivity index (χ1n) is 2.64. The molecular weight excluding hydrogens is 148 g/mol. The van der Waals surface area contributed by atoms with Gasteiger partial charge in [-0.2, -0.15) is 0 Å². The van der Waals surface area contributed by atoms with Gasteiger partial charge >= 0.3 is 0 Å². The molecule has 0 saturated heterocycles. The normalized spacial score (nSPS) is 9.30. The van der Waals surface area contributed by atoms with E-state index in [4.69, 9.17) is 11.1 Å². The molecule has 10 heavy (non-hydrogen) atoms. The molecule has 0 aromatic carbocycles. The lowest BCUT2D eigenvalue weighted by molar-refractivity contribution is 1.25. The lowest BCUT2D eigenvalue weighted by Crippen LogP contribution is -2.20. The Labute approximate surface area is 62.6 Å². The highest BCUT2D eigenvalue weighted by Gasteiger charge is 1.99. The summed E-state index contributed by atoms with van der Waals surface area (Å²) in [7, 11) is 0. The van der Waals surface area contributed by atoms with Gasteiger partial charge in [0.2, 0.25) is 0 Å². The minimum absolute atomic E-state index is 0.0687. The van der Waals surface area contributed by atoms with E-state index in [9.17, 15) is 0 Å². The van der Waals surface area contributed by atoms with E-state index in [1.165, 1.54) is 11.3 Å². The Morgan fingerprint density at radius 1 is 1.90 bits per heavy atom. The Hall–Kier alpha value is -1.10. The van der Waals surface area contributed by atoms with Crippen molar-refractivity contribution in [2.24, 2.45) is 5.73 Å². The van der Waals surface area contributed by atoms with E-state index in [0.29, 0.717) is 0 Å². The van der Waals surface area contributed by atoms with Gasteiger partial charge in [-0.15, -0.1) is 0 Å². The standard InChI is InChI=1S/C5H7N4S/c1-3-4(9-5(6)7)10-2-8-3/h1H3,(H4,6,7,9). The van der Waals surface area contributed by atoms with Gasteiger partial charge in [0, 0.05) is 0 Å². The second-order valence-corrected chi connectivity index (χ2v) is 2.55. The molecule has 0 saturated carbocycles. The van der Waals surface area contributed by atoms with E-state index in [0.717, 1.165) is 10.7 Å². The molecule has 1 aromatic heterocycles. The van der Waals surface area contributed by atoms with Gasteiger partial charge in [-0.3, -0.25) is 5.41 Å². The lowest BCUT2D eigenvalue weighted by atomic mass is 10.5. The quantitative estimate of drug-likeness (QED) is 0.409. The van der Waals surface area contributed by atoms with E-state index in [-0.39, 0.29) is 5.96 Å². The van der Waals surface area contributed by atoms with Crippen LogP contribution in [0.3, 0.4) is 0 Å². The summed E-state index contributed by atoms with van der Waals surface area (Å²) in [5.41, 5.74) is 8.59. The molecule has 0 fully saturated rings. The number of nitrogens with two attached hydrogens (primary N) is 1. The van der Waals surface area contributed by atoms with Crippen LogP contribution < -0.4 is 11.1 Å². The molecule has 0 aliphatic rings. The number of hydrogen-bond donors (Lipinski definition) is 3. The SMILES string of the molecule is Cc1n[c]sc1NC(=N)N. The highest BCUT2D eigenvalue weighted by Crippen LogP contribution is 2.17. The number of anilines is 1. The Bertz CT molecular complexity index is 242. The molecule has 1 heterocycles. The van der Waals surface area contributed by atoms with E-state index < -0.39 is 0 Å². The van der Waals surface area contributed by atoms with Gasteiger partial charge in [-0.25, -0.2) is 4.98 Å². The first-order valence-corrected chi connectivity index (χ1v) is 3.46. The first kappa shape index (κ1) is 7.01. The first-order chi connectivity index (χ1) is 4.70. The number of guanidine groups is 1. The summed E-state index contributed by atoms with van der Waals surface area (Å²) in [5, 5.41) is 10.3. The van der Waals surface area contributed by atoms with Crippen molar-refractivity contribution in [1.82, 2.24) is 4.98 Å². The molecule has 0 unspecified atom stereocenters. The van der Waals surface area contributed by atoms with Crippen molar-refractivity contribution >= 4 is 22.3 Å². The van der Waals surface area contributed by atoms with Crippen molar-refractivity contribution in [3.05, 3.63) is 11.2 Å². The van der Waals surface area contributed by atoms with Gasteiger partial charge in [0.05, 0.1) is 5.69 Å². The molecule has 53 valence electrons. The molecular formula is C5H7N4S. The Morgan fingerprint density at radius 2 is 2.60 bits per heavy atom. The van der Waals surface area contributed by atoms with E-state index >= 15 is 0 Å². The van der Waals surface area contributed by atoms with Crippen LogP contribution in [0.25, 0.3) is 0 Å². The largest absolute Gasteiger partial charge is 0.370 e. The molecule has 0 aliphatic carbocycles. The molecule has 0 atom stereocenters. The molecule has 0 spiro atoms. The summed E-state index contributed by atoms with van der Waals surface area (Å²) in [5.74, 6) is -0.0687.